The lowest BCUT2D eigenvalue weighted by molar-refractivity contribution is -0.0587. The predicted molar refractivity (Wildman–Crippen MR) is 119 cm³/mol. The molecule has 1 aliphatic rings. The molecule has 1 aliphatic heterocycles. The monoisotopic (exact) mass is 444 g/mol. The fraction of sp³-hybridized carbons (Fsp3) is 0.500. The molecule has 0 bridgehead atoms. The van der Waals surface area contributed by atoms with Crippen molar-refractivity contribution in [2.24, 2.45) is 7.05 Å². The van der Waals surface area contributed by atoms with Gasteiger partial charge in [0.1, 0.15) is 5.65 Å². The lowest BCUT2D eigenvalue weighted by Gasteiger charge is -2.35. The molecule has 4 rings (SSSR count). The smallest absolute Gasteiger partial charge is 0.274 e. The number of aromatic nitrogens is 4. The standard InChI is InChI=1S/C22H29ClN6O2/c1-5-27(12-17-8-24-26(4)11-17)14-19-21(25-20-7-6-18(23)13-29(19)20)22(30)28-9-15(2)31-16(3)10-28/h6-8,11,13,15-16H,5,9-10,12,14H2,1-4H3/t15-,16+. The fourth-order valence-corrected chi connectivity index (χ4v) is 4.35. The van der Waals surface area contributed by atoms with Crippen molar-refractivity contribution in [3.8, 4) is 0 Å². The molecule has 0 aromatic carbocycles. The third-order valence-electron chi connectivity index (χ3n) is 5.58. The second kappa shape index (κ2) is 8.98. The number of fused-ring (bicyclic) bond motifs is 1. The number of amides is 1. The summed E-state index contributed by atoms with van der Waals surface area (Å²) in [4.78, 5) is 22.4. The molecule has 1 amide bonds. The lowest BCUT2D eigenvalue weighted by Crippen LogP contribution is -2.48. The molecule has 0 saturated carbocycles. The molecule has 0 radical (unpaired) electrons. The van der Waals surface area contributed by atoms with Gasteiger partial charge in [-0.2, -0.15) is 5.10 Å². The maximum atomic E-state index is 13.5. The Morgan fingerprint density at radius 1 is 1.23 bits per heavy atom. The Hall–Kier alpha value is -2.42. The molecule has 0 aliphatic carbocycles. The van der Waals surface area contributed by atoms with E-state index in [1.54, 1.807) is 10.7 Å². The Morgan fingerprint density at radius 3 is 2.61 bits per heavy atom. The summed E-state index contributed by atoms with van der Waals surface area (Å²) in [6.45, 7) is 9.34. The number of carbonyl (C=O) groups excluding carboxylic acids is 1. The van der Waals surface area contributed by atoms with E-state index in [0.717, 1.165) is 30.0 Å². The summed E-state index contributed by atoms with van der Waals surface area (Å²) in [5.41, 5.74) is 3.17. The summed E-state index contributed by atoms with van der Waals surface area (Å²) in [7, 11) is 1.91. The average molecular weight is 445 g/mol. The molecule has 0 N–H and O–H groups in total. The molecule has 166 valence electrons. The summed E-state index contributed by atoms with van der Waals surface area (Å²) in [5.74, 6) is -0.0609. The molecular formula is C22H29ClN6O2. The third kappa shape index (κ3) is 4.76. The zero-order valence-electron chi connectivity index (χ0n) is 18.5. The lowest BCUT2D eigenvalue weighted by atomic mass is 10.2. The number of carbonyl (C=O) groups is 1. The van der Waals surface area contributed by atoms with E-state index < -0.39 is 0 Å². The van der Waals surface area contributed by atoms with E-state index >= 15 is 0 Å². The van der Waals surface area contributed by atoms with E-state index in [4.69, 9.17) is 21.3 Å². The Morgan fingerprint density at radius 2 is 1.97 bits per heavy atom. The van der Waals surface area contributed by atoms with Crippen LogP contribution in [0.5, 0.6) is 0 Å². The molecule has 1 fully saturated rings. The fourth-order valence-electron chi connectivity index (χ4n) is 4.19. The highest BCUT2D eigenvalue weighted by Crippen LogP contribution is 2.22. The first-order valence-electron chi connectivity index (χ1n) is 10.6. The molecule has 3 aromatic rings. The third-order valence-corrected chi connectivity index (χ3v) is 5.80. The van der Waals surface area contributed by atoms with Gasteiger partial charge in [-0.3, -0.25) is 14.4 Å². The Balaban J connectivity index is 1.68. The highest BCUT2D eigenvalue weighted by molar-refractivity contribution is 6.30. The van der Waals surface area contributed by atoms with E-state index in [1.165, 1.54) is 0 Å². The molecule has 1 saturated heterocycles. The van der Waals surface area contributed by atoms with Gasteiger partial charge in [-0.15, -0.1) is 0 Å². The number of nitrogens with zero attached hydrogens (tertiary/aromatic N) is 6. The van der Waals surface area contributed by atoms with Gasteiger partial charge in [-0.1, -0.05) is 18.5 Å². The van der Waals surface area contributed by atoms with Crippen molar-refractivity contribution in [3.05, 3.63) is 52.7 Å². The van der Waals surface area contributed by atoms with E-state index in [-0.39, 0.29) is 18.1 Å². The van der Waals surface area contributed by atoms with Crippen LogP contribution in [0.3, 0.4) is 0 Å². The maximum Gasteiger partial charge on any atom is 0.274 e. The van der Waals surface area contributed by atoms with Gasteiger partial charge >= 0.3 is 0 Å². The quantitative estimate of drug-likeness (QED) is 0.584. The van der Waals surface area contributed by atoms with Gasteiger partial charge in [-0.05, 0) is 32.5 Å². The van der Waals surface area contributed by atoms with Crippen molar-refractivity contribution >= 4 is 23.2 Å². The normalized spacial score (nSPS) is 19.5. The minimum Gasteiger partial charge on any atom is -0.372 e. The van der Waals surface area contributed by atoms with Crippen LogP contribution in [0.15, 0.2) is 30.7 Å². The van der Waals surface area contributed by atoms with Crippen LogP contribution in [0.2, 0.25) is 5.02 Å². The van der Waals surface area contributed by atoms with Gasteiger partial charge in [0.25, 0.3) is 5.91 Å². The van der Waals surface area contributed by atoms with Crippen LogP contribution in [0.25, 0.3) is 5.65 Å². The number of ether oxygens (including phenoxy) is 1. The number of rotatable bonds is 6. The number of halogens is 1. The highest BCUT2D eigenvalue weighted by atomic mass is 35.5. The molecule has 2 atom stereocenters. The minimum absolute atomic E-state index is 0.000321. The first-order valence-corrected chi connectivity index (χ1v) is 11.0. The summed E-state index contributed by atoms with van der Waals surface area (Å²) in [6.07, 6.45) is 5.71. The first-order chi connectivity index (χ1) is 14.8. The Kier molecular flexibility index (Phi) is 6.31. The van der Waals surface area contributed by atoms with E-state index in [2.05, 4.69) is 16.9 Å². The molecule has 3 aromatic heterocycles. The van der Waals surface area contributed by atoms with Crippen molar-refractivity contribution < 1.29 is 9.53 Å². The summed E-state index contributed by atoms with van der Waals surface area (Å²) >= 11 is 6.28. The number of imidazole rings is 1. The Labute approximate surface area is 187 Å². The van der Waals surface area contributed by atoms with Crippen molar-refractivity contribution in [2.75, 3.05) is 19.6 Å². The van der Waals surface area contributed by atoms with Crippen LogP contribution in [-0.4, -0.2) is 66.7 Å². The van der Waals surface area contributed by atoms with Crippen LogP contribution in [-0.2, 0) is 24.9 Å². The van der Waals surface area contributed by atoms with E-state index in [1.807, 2.05) is 54.9 Å². The first kappa shape index (κ1) is 21.8. The van der Waals surface area contributed by atoms with Gasteiger partial charge in [0.2, 0.25) is 0 Å². The number of pyridine rings is 1. The number of aryl methyl sites for hydroxylation is 1. The highest BCUT2D eigenvalue weighted by Gasteiger charge is 2.30. The average Bonchev–Trinajstić information content (AvgIpc) is 3.29. The maximum absolute atomic E-state index is 13.5. The zero-order valence-corrected chi connectivity index (χ0v) is 19.2. The van der Waals surface area contributed by atoms with Crippen molar-refractivity contribution in [1.29, 1.82) is 0 Å². The van der Waals surface area contributed by atoms with Gasteiger partial charge in [-0.25, -0.2) is 4.98 Å². The van der Waals surface area contributed by atoms with Crippen LogP contribution in [0.4, 0.5) is 0 Å². The molecule has 8 nitrogen and oxygen atoms in total. The molecular weight excluding hydrogens is 416 g/mol. The van der Waals surface area contributed by atoms with Crippen molar-refractivity contribution in [1.82, 2.24) is 29.0 Å². The second-order valence-corrected chi connectivity index (χ2v) is 8.71. The predicted octanol–water partition coefficient (Wildman–Crippen LogP) is 2.99. The topological polar surface area (TPSA) is 67.9 Å². The largest absolute Gasteiger partial charge is 0.372 e. The van der Waals surface area contributed by atoms with Crippen molar-refractivity contribution in [2.45, 2.75) is 46.1 Å². The second-order valence-electron chi connectivity index (χ2n) is 8.28. The van der Waals surface area contributed by atoms with Crippen LogP contribution in [0, 0.1) is 0 Å². The zero-order chi connectivity index (χ0) is 22.1. The van der Waals surface area contributed by atoms with Crippen LogP contribution < -0.4 is 0 Å². The SMILES string of the molecule is CCN(Cc1cnn(C)c1)Cc1c(C(=O)N2C[C@@H](C)O[C@@H](C)C2)nc2ccc(Cl)cn12. The molecule has 4 heterocycles. The van der Waals surface area contributed by atoms with Gasteiger partial charge < -0.3 is 14.0 Å². The molecule has 9 heteroatoms. The van der Waals surface area contributed by atoms with Crippen molar-refractivity contribution in [3.63, 3.8) is 0 Å². The van der Waals surface area contributed by atoms with Crippen LogP contribution >= 0.6 is 11.6 Å². The number of morpholine rings is 1. The minimum atomic E-state index is -0.0609. The number of hydrogen-bond donors (Lipinski definition) is 0. The van der Waals surface area contributed by atoms with E-state index in [9.17, 15) is 4.79 Å². The van der Waals surface area contributed by atoms with Gasteiger partial charge in [0.15, 0.2) is 5.69 Å². The summed E-state index contributed by atoms with van der Waals surface area (Å²) in [5, 5.41) is 4.87. The van der Waals surface area contributed by atoms with Gasteiger partial charge in [0.05, 0.1) is 29.1 Å². The Bertz CT molecular complexity index is 1070. The number of hydrogen-bond acceptors (Lipinski definition) is 5. The molecule has 31 heavy (non-hydrogen) atoms. The van der Waals surface area contributed by atoms with Gasteiger partial charge in [0, 0.05) is 51.2 Å². The van der Waals surface area contributed by atoms with E-state index in [0.29, 0.717) is 30.4 Å². The van der Waals surface area contributed by atoms with Crippen LogP contribution in [0.1, 0.15) is 42.5 Å². The summed E-state index contributed by atoms with van der Waals surface area (Å²) < 4.78 is 9.54. The molecule has 0 unspecified atom stereocenters. The molecule has 0 spiro atoms. The summed E-state index contributed by atoms with van der Waals surface area (Å²) in [6, 6.07) is 3.65.